The van der Waals surface area contributed by atoms with Crippen molar-refractivity contribution >= 4 is 5.69 Å². The van der Waals surface area contributed by atoms with Crippen molar-refractivity contribution in [3.63, 3.8) is 0 Å². The van der Waals surface area contributed by atoms with E-state index in [1.807, 2.05) is 26.8 Å². The van der Waals surface area contributed by atoms with E-state index in [1.54, 1.807) is 6.20 Å². The Hall–Kier alpha value is -1.29. The molecule has 0 aliphatic rings. The van der Waals surface area contributed by atoms with E-state index in [1.165, 1.54) is 0 Å². The second kappa shape index (κ2) is 5.56. The molecule has 0 saturated heterocycles. The van der Waals surface area contributed by atoms with E-state index >= 15 is 0 Å². The normalized spacial score (nSPS) is 12.5. The van der Waals surface area contributed by atoms with Crippen molar-refractivity contribution in [1.29, 1.82) is 0 Å². The third kappa shape index (κ3) is 3.75. The molecule has 1 atom stereocenters. The molecular weight excluding hydrogens is 192 g/mol. The first-order valence-electron chi connectivity index (χ1n) is 5.10. The van der Waals surface area contributed by atoms with Gasteiger partial charge in [0.25, 0.3) is 0 Å². The number of aromatic nitrogens is 1. The van der Waals surface area contributed by atoms with Crippen molar-refractivity contribution in [3.8, 4) is 5.88 Å². The quantitative estimate of drug-likeness (QED) is 0.804. The summed E-state index contributed by atoms with van der Waals surface area (Å²) in [4.78, 5) is 4.08. The van der Waals surface area contributed by atoms with Crippen LogP contribution in [-0.2, 0) is 4.74 Å². The predicted octanol–water partition coefficient (Wildman–Crippen LogP) is 1.78. The molecule has 2 N–H and O–H groups in total. The van der Waals surface area contributed by atoms with E-state index < -0.39 is 0 Å². The molecule has 84 valence electrons. The number of hydrogen-bond donors (Lipinski definition) is 1. The Bertz CT molecular complexity index is 315. The third-order valence-corrected chi connectivity index (χ3v) is 2.00. The molecule has 0 radical (unpaired) electrons. The monoisotopic (exact) mass is 210 g/mol. The number of nitrogens with zero attached hydrogens (tertiary/aromatic N) is 1. The van der Waals surface area contributed by atoms with Crippen LogP contribution in [0.15, 0.2) is 12.3 Å². The lowest BCUT2D eigenvalue weighted by Gasteiger charge is -2.14. The molecule has 4 heteroatoms. The molecule has 0 fully saturated rings. The molecule has 0 aliphatic carbocycles. The van der Waals surface area contributed by atoms with E-state index in [-0.39, 0.29) is 6.10 Å². The summed E-state index contributed by atoms with van der Waals surface area (Å²) in [6.07, 6.45) is 1.61. The summed E-state index contributed by atoms with van der Waals surface area (Å²) in [6, 6.07) is 1.83. The lowest BCUT2D eigenvalue weighted by molar-refractivity contribution is 0.0633. The number of hydrogen-bond acceptors (Lipinski definition) is 4. The van der Waals surface area contributed by atoms with Gasteiger partial charge in [-0.2, -0.15) is 0 Å². The minimum atomic E-state index is 0.000439. The van der Waals surface area contributed by atoms with Gasteiger partial charge in [0, 0.05) is 12.7 Å². The Labute approximate surface area is 90.4 Å². The average Bonchev–Trinajstić information content (AvgIpc) is 2.20. The second-order valence-electron chi connectivity index (χ2n) is 3.47. The average molecular weight is 210 g/mol. The fourth-order valence-electron chi connectivity index (χ4n) is 1.13. The van der Waals surface area contributed by atoms with E-state index in [2.05, 4.69) is 4.98 Å². The molecule has 0 saturated carbocycles. The number of pyridine rings is 1. The fourth-order valence-corrected chi connectivity index (χ4v) is 1.13. The minimum Gasteiger partial charge on any atom is -0.472 e. The molecule has 0 spiro atoms. The number of aryl methyl sites for hydroxylation is 1. The molecule has 1 rings (SSSR count). The van der Waals surface area contributed by atoms with Crippen molar-refractivity contribution in [2.45, 2.75) is 26.9 Å². The van der Waals surface area contributed by atoms with Crippen LogP contribution in [0.25, 0.3) is 0 Å². The number of rotatable bonds is 5. The van der Waals surface area contributed by atoms with Gasteiger partial charge in [-0.1, -0.05) is 0 Å². The number of nitrogens with two attached hydrogens (primary N) is 1. The Morgan fingerprint density at radius 2 is 2.27 bits per heavy atom. The largest absolute Gasteiger partial charge is 0.472 e. The molecule has 1 heterocycles. The maximum Gasteiger partial charge on any atom is 0.213 e. The maximum atomic E-state index is 5.66. The highest BCUT2D eigenvalue weighted by molar-refractivity contribution is 5.45. The van der Waals surface area contributed by atoms with Gasteiger partial charge in [-0.25, -0.2) is 4.98 Å². The van der Waals surface area contributed by atoms with Crippen LogP contribution in [0.3, 0.4) is 0 Å². The van der Waals surface area contributed by atoms with Gasteiger partial charge in [0.15, 0.2) is 0 Å². The first-order valence-corrected chi connectivity index (χ1v) is 5.10. The highest BCUT2D eigenvalue weighted by atomic mass is 16.5. The van der Waals surface area contributed by atoms with Gasteiger partial charge >= 0.3 is 0 Å². The van der Waals surface area contributed by atoms with Crippen LogP contribution in [0, 0.1) is 6.92 Å². The molecular formula is C11H18N2O2. The van der Waals surface area contributed by atoms with Gasteiger partial charge in [0.05, 0.1) is 18.5 Å². The summed E-state index contributed by atoms with van der Waals surface area (Å²) in [7, 11) is 0. The second-order valence-corrected chi connectivity index (χ2v) is 3.47. The third-order valence-electron chi connectivity index (χ3n) is 2.00. The van der Waals surface area contributed by atoms with Gasteiger partial charge in [-0.05, 0) is 26.3 Å². The van der Waals surface area contributed by atoms with Crippen molar-refractivity contribution in [1.82, 2.24) is 4.98 Å². The number of anilines is 1. The first-order chi connectivity index (χ1) is 7.13. The molecule has 4 nitrogen and oxygen atoms in total. The summed E-state index contributed by atoms with van der Waals surface area (Å²) in [6.45, 7) is 7.10. The molecule has 0 aliphatic heterocycles. The molecule has 0 amide bonds. The van der Waals surface area contributed by atoms with Gasteiger partial charge < -0.3 is 15.2 Å². The first kappa shape index (κ1) is 11.8. The minimum absolute atomic E-state index is 0.000439. The van der Waals surface area contributed by atoms with Crippen LogP contribution >= 0.6 is 0 Å². The molecule has 1 unspecified atom stereocenters. The zero-order valence-electron chi connectivity index (χ0n) is 9.49. The zero-order chi connectivity index (χ0) is 11.3. The maximum absolute atomic E-state index is 5.66. The molecule has 0 bridgehead atoms. The molecule has 1 aromatic heterocycles. The summed E-state index contributed by atoms with van der Waals surface area (Å²) in [5.74, 6) is 0.592. The van der Waals surface area contributed by atoms with Gasteiger partial charge in [0.2, 0.25) is 5.88 Å². The van der Waals surface area contributed by atoms with E-state index in [9.17, 15) is 0 Å². The number of nitrogen functional groups attached to an aromatic ring is 1. The van der Waals surface area contributed by atoms with E-state index in [4.69, 9.17) is 15.2 Å². The molecule has 15 heavy (non-hydrogen) atoms. The van der Waals surface area contributed by atoms with E-state index in [0.29, 0.717) is 24.8 Å². The van der Waals surface area contributed by atoms with Crippen LogP contribution in [-0.4, -0.2) is 24.3 Å². The van der Waals surface area contributed by atoms with Crippen molar-refractivity contribution in [3.05, 3.63) is 17.8 Å². The summed E-state index contributed by atoms with van der Waals surface area (Å²) in [5.41, 5.74) is 7.31. The van der Waals surface area contributed by atoms with Gasteiger partial charge in [-0.15, -0.1) is 0 Å². The zero-order valence-corrected chi connectivity index (χ0v) is 9.49. The van der Waals surface area contributed by atoms with Crippen LogP contribution in [0.5, 0.6) is 5.88 Å². The highest BCUT2D eigenvalue weighted by Gasteiger charge is 2.05. The van der Waals surface area contributed by atoms with Crippen molar-refractivity contribution in [2.75, 3.05) is 18.9 Å². The van der Waals surface area contributed by atoms with Gasteiger partial charge in [-0.3, -0.25) is 0 Å². The lowest BCUT2D eigenvalue weighted by Crippen LogP contribution is -2.19. The van der Waals surface area contributed by atoms with Gasteiger partial charge in [0.1, 0.15) is 6.10 Å². The van der Waals surface area contributed by atoms with Crippen LogP contribution < -0.4 is 10.5 Å². The SMILES string of the molecule is CCOCC(C)Oc1cc(C)c(N)cn1. The standard InChI is InChI=1S/C11H18N2O2/c1-4-14-7-9(3)15-11-5-8(2)10(12)6-13-11/h5-6,9H,4,7,12H2,1-3H3. The summed E-state index contributed by atoms with van der Waals surface area (Å²) in [5, 5.41) is 0. The Morgan fingerprint density at radius 1 is 1.53 bits per heavy atom. The topological polar surface area (TPSA) is 57.4 Å². The van der Waals surface area contributed by atoms with Crippen LogP contribution in [0.1, 0.15) is 19.4 Å². The summed E-state index contributed by atoms with van der Waals surface area (Å²) >= 11 is 0. The van der Waals surface area contributed by atoms with E-state index in [0.717, 1.165) is 5.56 Å². The smallest absolute Gasteiger partial charge is 0.213 e. The van der Waals surface area contributed by atoms with Crippen LogP contribution in [0.2, 0.25) is 0 Å². The Kier molecular flexibility index (Phi) is 4.37. The van der Waals surface area contributed by atoms with Crippen molar-refractivity contribution in [2.24, 2.45) is 0 Å². The molecule has 0 aromatic carbocycles. The lowest BCUT2D eigenvalue weighted by atomic mass is 10.2. The highest BCUT2D eigenvalue weighted by Crippen LogP contribution is 2.15. The molecule has 1 aromatic rings. The predicted molar refractivity (Wildman–Crippen MR) is 60.0 cm³/mol. The Morgan fingerprint density at radius 3 is 2.87 bits per heavy atom. The Balaban J connectivity index is 2.53. The number of ether oxygens (including phenoxy) is 2. The summed E-state index contributed by atoms with van der Waals surface area (Å²) < 4.78 is 10.8. The van der Waals surface area contributed by atoms with Crippen molar-refractivity contribution < 1.29 is 9.47 Å². The fraction of sp³-hybridized carbons (Fsp3) is 0.545. The van der Waals surface area contributed by atoms with Crippen LogP contribution in [0.4, 0.5) is 5.69 Å².